The third kappa shape index (κ3) is 7.58. The Labute approximate surface area is 273 Å². The summed E-state index contributed by atoms with van der Waals surface area (Å²) in [5.41, 5.74) is 4.28. The van der Waals surface area contributed by atoms with E-state index in [9.17, 15) is 9.59 Å². The zero-order chi connectivity index (χ0) is 31.7. The van der Waals surface area contributed by atoms with Gasteiger partial charge in [-0.25, -0.2) is 0 Å². The van der Waals surface area contributed by atoms with Crippen molar-refractivity contribution in [3.63, 3.8) is 0 Å². The topological polar surface area (TPSA) is 141 Å². The summed E-state index contributed by atoms with van der Waals surface area (Å²) in [5, 5.41) is 32.4. The number of rotatable bonds is 14. The SMILES string of the molecule is CCC(=O)N(Cc1ccsc1)c1cccc(-c2n[nH][n+](CCCCC(=O)N(Cc3cccs3)c3cccc(-c4nn[nH]n4)c3)n2)c1. The minimum Gasteiger partial charge on any atom is -0.308 e. The van der Waals surface area contributed by atoms with E-state index >= 15 is 0 Å². The van der Waals surface area contributed by atoms with Gasteiger partial charge in [-0.3, -0.25) is 9.59 Å². The number of nitrogens with one attached hydrogen (secondary N) is 2. The molecule has 0 aliphatic rings. The largest absolute Gasteiger partial charge is 0.338 e. The summed E-state index contributed by atoms with van der Waals surface area (Å²) in [7, 11) is 0. The minimum atomic E-state index is 0.0346. The number of tetrazole rings is 2. The fraction of sp³-hybridized carbons (Fsp3) is 0.250. The predicted octanol–water partition coefficient (Wildman–Crippen LogP) is 5.41. The van der Waals surface area contributed by atoms with E-state index in [1.807, 2.05) is 89.3 Å². The Balaban J connectivity index is 1.08. The van der Waals surface area contributed by atoms with Gasteiger partial charge in [0.15, 0.2) is 0 Å². The smallest absolute Gasteiger partial charge is 0.308 e. The molecule has 2 N–H and O–H groups in total. The van der Waals surface area contributed by atoms with Crippen LogP contribution in [0.3, 0.4) is 0 Å². The summed E-state index contributed by atoms with van der Waals surface area (Å²) in [6, 6.07) is 21.4. The number of amides is 2. The molecule has 46 heavy (non-hydrogen) atoms. The third-order valence-electron chi connectivity index (χ3n) is 7.39. The number of aromatic amines is 2. The van der Waals surface area contributed by atoms with Crippen LogP contribution in [0.4, 0.5) is 11.4 Å². The first-order valence-corrected chi connectivity index (χ1v) is 16.8. The summed E-state index contributed by atoms with van der Waals surface area (Å²) in [4.78, 5) is 32.7. The predicted molar refractivity (Wildman–Crippen MR) is 177 cm³/mol. The molecule has 0 radical (unpaired) electrons. The van der Waals surface area contributed by atoms with Gasteiger partial charge in [0.1, 0.15) is 6.54 Å². The van der Waals surface area contributed by atoms with Crippen molar-refractivity contribution in [2.45, 2.75) is 52.2 Å². The van der Waals surface area contributed by atoms with Crippen LogP contribution in [-0.2, 0) is 29.2 Å². The van der Waals surface area contributed by atoms with E-state index in [2.05, 4.69) is 41.4 Å². The van der Waals surface area contributed by atoms with Gasteiger partial charge in [-0.05, 0) is 92.5 Å². The molecule has 6 aromatic rings. The molecule has 0 fully saturated rings. The maximum Gasteiger partial charge on any atom is 0.338 e. The highest BCUT2D eigenvalue weighted by atomic mass is 32.1. The van der Waals surface area contributed by atoms with Crippen LogP contribution in [0.1, 0.15) is 43.0 Å². The fourth-order valence-corrected chi connectivity index (χ4v) is 6.38. The highest BCUT2D eigenvalue weighted by molar-refractivity contribution is 7.09. The lowest BCUT2D eigenvalue weighted by molar-refractivity contribution is -0.805. The van der Waals surface area contributed by atoms with Crippen LogP contribution in [-0.4, -0.2) is 47.8 Å². The molecule has 12 nitrogen and oxygen atoms in total. The number of aryl methyl sites for hydroxylation is 1. The molecular weight excluding hydrogens is 621 g/mol. The molecule has 0 aliphatic heterocycles. The van der Waals surface area contributed by atoms with Crippen molar-refractivity contribution >= 4 is 45.9 Å². The Kier molecular flexibility index (Phi) is 9.95. The zero-order valence-electron chi connectivity index (χ0n) is 25.2. The zero-order valence-corrected chi connectivity index (χ0v) is 26.9. The number of thiophene rings is 2. The number of hydrogen-bond acceptors (Lipinski definition) is 9. The highest BCUT2D eigenvalue weighted by Crippen LogP contribution is 2.27. The lowest BCUT2D eigenvalue weighted by Gasteiger charge is -2.23. The molecule has 4 aromatic heterocycles. The number of benzene rings is 2. The first-order chi connectivity index (χ1) is 22.6. The van der Waals surface area contributed by atoms with Crippen molar-refractivity contribution in [2.75, 3.05) is 9.80 Å². The van der Waals surface area contributed by atoms with Crippen LogP contribution >= 0.6 is 22.7 Å². The van der Waals surface area contributed by atoms with E-state index in [0.717, 1.165) is 39.4 Å². The summed E-state index contributed by atoms with van der Waals surface area (Å²) in [6.07, 6.45) is 2.21. The Bertz CT molecular complexity index is 1850. The van der Waals surface area contributed by atoms with Gasteiger partial charge in [0, 0.05) is 34.7 Å². The number of carbonyl (C=O) groups is 2. The number of carbonyl (C=O) groups excluding carboxylic acids is 2. The van der Waals surface area contributed by atoms with Crippen LogP contribution < -0.4 is 14.6 Å². The van der Waals surface area contributed by atoms with Crippen molar-refractivity contribution in [1.29, 1.82) is 0 Å². The fourth-order valence-electron chi connectivity index (χ4n) is 5.03. The van der Waals surface area contributed by atoms with Gasteiger partial charge >= 0.3 is 5.82 Å². The van der Waals surface area contributed by atoms with Crippen LogP contribution in [0.5, 0.6) is 0 Å². The molecule has 0 atom stereocenters. The van der Waals surface area contributed by atoms with E-state index in [-0.39, 0.29) is 11.8 Å². The van der Waals surface area contributed by atoms with E-state index in [1.165, 1.54) is 0 Å². The Morgan fingerprint density at radius 2 is 1.63 bits per heavy atom. The van der Waals surface area contributed by atoms with Gasteiger partial charge in [0.05, 0.1) is 23.8 Å². The first-order valence-electron chi connectivity index (χ1n) is 15.0. The summed E-state index contributed by atoms with van der Waals surface area (Å²) in [5.74, 6) is 1.11. The van der Waals surface area contributed by atoms with Gasteiger partial charge in [-0.15, -0.1) is 21.5 Å². The van der Waals surface area contributed by atoms with Crippen molar-refractivity contribution in [3.8, 4) is 22.8 Å². The molecule has 4 heterocycles. The monoisotopic (exact) mass is 653 g/mol. The van der Waals surface area contributed by atoms with E-state index in [1.54, 1.807) is 32.4 Å². The van der Waals surface area contributed by atoms with Crippen LogP contribution in [0.2, 0.25) is 0 Å². The Hall–Kier alpha value is -5.08. The average molecular weight is 654 g/mol. The second-order valence-electron chi connectivity index (χ2n) is 10.6. The second-order valence-corrected chi connectivity index (χ2v) is 12.4. The average Bonchev–Trinajstić information content (AvgIpc) is 3.93. The molecule has 2 aromatic carbocycles. The molecule has 0 unspecified atom stereocenters. The van der Waals surface area contributed by atoms with Crippen molar-refractivity contribution < 1.29 is 14.4 Å². The van der Waals surface area contributed by atoms with E-state index < -0.39 is 0 Å². The quantitative estimate of drug-likeness (QED) is 0.118. The third-order valence-corrected chi connectivity index (χ3v) is 8.99. The first kappa shape index (κ1) is 30.9. The van der Waals surface area contributed by atoms with E-state index in [0.29, 0.717) is 50.5 Å². The van der Waals surface area contributed by atoms with Crippen LogP contribution in [0.25, 0.3) is 22.8 Å². The van der Waals surface area contributed by atoms with Crippen molar-refractivity contribution in [3.05, 3.63) is 93.3 Å². The second kappa shape index (κ2) is 14.8. The normalized spacial score (nSPS) is 11.1. The Morgan fingerprint density at radius 3 is 2.30 bits per heavy atom. The van der Waals surface area contributed by atoms with Crippen molar-refractivity contribution in [2.24, 2.45) is 0 Å². The molecule has 0 aliphatic carbocycles. The van der Waals surface area contributed by atoms with Crippen molar-refractivity contribution in [1.82, 2.24) is 36.0 Å². The van der Waals surface area contributed by atoms with Gasteiger partial charge < -0.3 is 9.80 Å². The van der Waals surface area contributed by atoms with Crippen LogP contribution in [0.15, 0.2) is 82.9 Å². The minimum absolute atomic E-state index is 0.0346. The van der Waals surface area contributed by atoms with Gasteiger partial charge in [-0.2, -0.15) is 16.6 Å². The number of aromatic nitrogens is 8. The number of hydrogen-bond donors (Lipinski definition) is 2. The number of H-pyrrole nitrogens is 2. The number of unbranched alkanes of at least 4 members (excludes halogenated alkanes) is 1. The molecule has 234 valence electrons. The van der Waals surface area contributed by atoms with Crippen LogP contribution in [0, 0.1) is 0 Å². The molecule has 6 rings (SSSR count). The molecule has 2 amide bonds. The molecule has 14 heteroatoms. The molecular formula is C32H33N10O2S2+. The highest BCUT2D eigenvalue weighted by Gasteiger charge is 2.21. The maximum absolute atomic E-state index is 13.5. The molecule has 0 spiro atoms. The Morgan fingerprint density at radius 1 is 0.848 bits per heavy atom. The maximum atomic E-state index is 13.5. The van der Waals surface area contributed by atoms with E-state index in [4.69, 9.17) is 0 Å². The van der Waals surface area contributed by atoms with Gasteiger partial charge in [0.2, 0.25) is 17.6 Å². The lowest BCUT2D eigenvalue weighted by atomic mass is 10.1. The number of nitrogens with zero attached hydrogens (tertiary/aromatic N) is 8. The van der Waals surface area contributed by atoms with Gasteiger partial charge in [0.25, 0.3) is 0 Å². The number of anilines is 2. The summed E-state index contributed by atoms with van der Waals surface area (Å²) >= 11 is 3.24. The lowest BCUT2D eigenvalue weighted by Crippen LogP contribution is -2.39. The summed E-state index contributed by atoms with van der Waals surface area (Å²) < 4.78 is 0. The standard InChI is InChI=1S/C32H32N10O2S2/c1-2-29(43)40(20-23-14-17-45-22-23)26-10-6-9-25(19-26)32-35-39-42(36-32)15-4-3-13-30(44)41(21-28-12-7-16-46-28)27-11-5-8-24(18-27)31-33-37-38-34-31/h5-12,14,16-19,22H,2-4,13,15,20-21H2,1H3,(H,33,34,37,38)/p+1. The van der Waals surface area contributed by atoms with Gasteiger partial charge in [-0.1, -0.05) is 36.0 Å². The molecule has 0 saturated carbocycles. The summed E-state index contributed by atoms with van der Waals surface area (Å²) in [6.45, 7) is 3.45. The molecule has 0 bridgehead atoms. The molecule has 0 saturated heterocycles.